The fraction of sp³-hybridized carbons (Fsp3) is 0.632. The molecule has 0 aromatic heterocycles. The van der Waals surface area contributed by atoms with Gasteiger partial charge in [-0.1, -0.05) is 31.2 Å². The maximum Gasteiger partial charge on any atom is 0.250 e. The van der Waals surface area contributed by atoms with Crippen molar-refractivity contribution in [1.82, 2.24) is 15.5 Å². The molecule has 1 amide bonds. The molecular formula is C19H31Cl2N3O2. The van der Waals surface area contributed by atoms with Crippen LogP contribution in [0.25, 0.3) is 0 Å². The molecule has 1 atom stereocenters. The number of likely N-dealkylation sites (tertiary alicyclic amines) is 1. The minimum atomic E-state index is -0.362. The van der Waals surface area contributed by atoms with E-state index in [0.29, 0.717) is 19.7 Å². The first kappa shape index (κ1) is 23.2. The molecule has 2 saturated heterocycles. The van der Waals surface area contributed by atoms with E-state index in [0.717, 1.165) is 24.6 Å². The van der Waals surface area contributed by atoms with Gasteiger partial charge in [0.2, 0.25) is 0 Å². The van der Waals surface area contributed by atoms with Crippen LogP contribution in [0.3, 0.4) is 0 Å². The molecule has 2 heterocycles. The number of piperidine rings is 1. The Labute approximate surface area is 169 Å². The molecule has 5 nitrogen and oxygen atoms in total. The van der Waals surface area contributed by atoms with Gasteiger partial charge in [0.25, 0.3) is 5.91 Å². The van der Waals surface area contributed by atoms with Crippen molar-refractivity contribution in [2.24, 2.45) is 5.92 Å². The number of carbonyl (C=O) groups is 1. The fourth-order valence-electron chi connectivity index (χ4n) is 3.28. The fourth-order valence-corrected chi connectivity index (χ4v) is 3.28. The van der Waals surface area contributed by atoms with Crippen molar-refractivity contribution in [3.8, 4) is 0 Å². The highest BCUT2D eigenvalue weighted by Crippen LogP contribution is 2.18. The zero-order valence-corrected chi connectivity index (χ0v) is 17.0. The molecule has 2 aliphatic heterocycles. The van der Waals surface area contributed by atoms with Crippen molar-refractivity contribution >= 4 is 30.7 Å². The highest BCUT2D eigenvalue weighted by molar-refractivity contribution is 5.85. The molecule has 1 aromatic rings. The molecule has 1 aromatic carbocycles. The summed E-state index contributed by atoms with van der Waals surface area (Å²) in [7, 11) is 0. The number of benzene rings is 1. The molecule has 2 fully saturated rings. The Hall–Kier alpha value is -0.850. The van der Waals surface area contributed by atoms with Gasteiger partial charge in [0.05, 0.1) is 6.61 Å². The number of amides is 1. The lowest BCUT2D eigenvalue weighted by Crippen LogP contribution is -2.47. The molecule has 2 aliphatic rings. The quantitative estimate of drug-likeness (QED) is 0.791. The van der Waals surface area contributed by atoms with Crippen LogP contribution in [-0.4, -0.2) is 49.7 Å². The van der Waals surface area contributed by atoms with Gasteiger partial charge >= 0.3 is 0 Å². The third kappa shape index (κ3) is 7.05. The predicted octanol–water partition coefficient (Wildman–Crippen LogP) is 2.37. The van der Waals surface area contributed by atoms with Crippen LogP contribution in [0.4, 0.5) is 0 Å². The maximum atomic E-state index is 12.0. The number of hydrogen-bond donors (Lipinski definition) is 2. The van der Waals surface area contributed by atoms with Crippen molar-refractivity contribution in [3.63, 3.8) is 0 Å². The minimum absolute atomic E-state index is 0. The molecule has 148 valence electrons. The number of carbonyl (C=O) groups excluding carboxylic acids is 1. The molecule has 0 aliphatic carbocycles. The molecular weight excluding hydrogens is 373 g/mol. The van der Waals surface area contributed by atoms with Gasteiger partial charge in [0.1, 0.15) is 6.10 Å². The molecule has 0 saturated carbocycles. The number of morpholine rings is 1. The van der Waals surface area contributed by atoms with E-state index in [2.05, 4.69) is 46.7 Å². The normalized spacial score (nSPS) is 21.3. The van der Waals surface area contributed by atoms with Crippen molar-refractivity contribution in [1.29, 1.82) is 0 Å². The summed E-state index contributed by atoms with van der Waals surface area (Å²) < 4.78 is 5.46. The van der Waals surface area contributed by atoms with Crippen LogP contribution < -0.4 is 10.6 Å². The predicted molar refractivity (Wildman–Crippen MR) is 109 cm³/mol. The Balaban J connectivity index is 0.00000169. The number of hydrogen-bond acceptors (Lipinski definition) is 4. The standard InChI is InChI=1S/C19H29N3O2.2ClH/c1-15-6-9-22(10-7-15)14-17-4-2-16(3-5-17)12-21-19(23)18-13-20-8-11-24-18;;/h2-5,15,18,20H,6-14H2,1H3,(H,21,23);2*1H. The van der Waals surface area contributed by atoms with Crippen LogP contribution in [0.15, 0.2) is 24.3 Å². The summed E-state index contributed by atoms with van der Waals surface area (Å²) in [6, 6.07) is 8.58. The molecule has 7 heteroatoms. The molecule has 0 radical (unpaired) electrons. The van der Waals surface area contributed by atoms with E-state index in [9.17, 15) is 4.79 Å². The lowest BCUT2D eigenvalue weighted by molar-refractivity contribution is -0.134. The second-order valence-corrected chi connectivity index (χ2v) is 7.06. The molecule has 0 bridgehead atoms. The molecule has 26 heavy (non-hydrogen) atoms. The molecule has 1 unspecified atom stereocenters. The Morgan fingerprint density at radius 3 is 2.46 bits per heavy atom. The number of nitrogens with one attached hydrogen (secondary N) is 2. The zero-order chi connectivity index (χ0) is 16.8. The number of rotatable bonds is 5. The Kier molecular flexibility index (Phi) is 10.5. The van der Waals surface area contributed by atoms with E-state index in [1.807, 2.05) is 0 Å². The second kappa shape index (κ2) is 11.8. The lowest BCUT2D eigenvalue weighted by Gasteiger charge is -2.30. The van der Waals surface area contributed by atoms with Gasteiger partial charge in [0, 0.05) is 26.2 Å². The van der Waals surface area contributed by atoms with Gasteiger partial charge in [-0.2, -0.15) is 0 Å². The largest absolute Gasteiger partial charge is 0.366 e. The highest BCUT2D eigenvalue weighted by Gasteiger charge is 2.21. The van der Waals surface area contributed by atoms with E-state index < -0.39 is 0 Å². The van der Waals surface area contributed by atoms with E-state index in [4.69, 9.17) is 4.74 Å². The van der Waals surface area contributed by atoms with E-state index >= 15 is 0 Å². The molecule has 2 N–H and O–H groups in total. The van der Waals surface area contributed by atoms with Gasteiger partial charge in [-0.3, -0.25) is 9.69 Å². The topological polar surface area (TPSA) is 53.6 Å². The van der Waals surface area contributed by atoms with Crippen molar-refractivity contribution in [3.05, 3.63) is 35.4 Å². The van der Waals surface area contributed by atoms with Gasteiger partial charge in [-0.15, -0.1) is 24.8 Å². The van der Waals surface area contributed by atoms with Gasteiger partial charge in [-0.05, 0) is 43.0 Å². The van der Waals surface area contributed by atoms with Crippen molar-refractivity contribution in [2.45, 2.75) is 39.0 Å². The summed E-state index contributed by atoms with van der Waals surface area (Å²) in [6.45, 7) is 8.35. The Morgan fingerprint density at radius 2 is 1.85 bits per heavy atom. The first-order valence-corrected chi connectivity index (χ1v) is 9.11. The van der Waals surface area contributed by atoms with Crippen LogP contribution in [0.1, 0.15) is 30.9 Å². The average molecular weight is 404 g/mol. The Morgan fingerprint density at radius 1 is 1.19 bits per heavy atom. The van der Waals surface area contributed by atoms with Crippen LogP contribution in [0, 0.1) is 5.92 Å². The third-order valence-corrected chi connectivity index (χ3v) is 4.99. The van der Waals surface area contributed by atoms with E-state index in [1.165, 1.54) is 31.5 Å². The van der Waals surface area contributed by atoms with Crippen LogP contribution in [-0.2, 0) is 22.6 Å². The van der Waals surface area contributed by atoms with Gasteiger partial charge in [-0.25, -0.2) is 0 Å². The first-order valence-electron chi connectivity index (χ1n) is 9.11. The monoisotopic (exact) mass is 403 g/mol. The molecule has 3 rings (SSSR count). The summed E-state index contributed by atoms with van der Waals surface area (Å²) in [6.07, 6.45) is 2.25. The van der Waals surface area contributed by atoms with Crippen LogP contribution in [0.2, 0.25) is 0 Å². The van der Waals surface area contributed by atoms with Crippen LogP contribution in [0.5, 0.6) is 0 Å². The maximum absolute atomic E-state index is 12.0. The molecule has 0 spiro atoms. The van der Waals surface area contributed by atoms with Crippen molar-refractivity contribution in [2.75, 3.05) is 32.8 Å². The number of halogens is 2. The number of ether oxygens (including phenoxy) is 1. The summed E-state index contributed by atoms with van der Waals surface area (Å²) in [5, 5.41) is 6.13. The lowest BCUT2D eigenvalue weighted by atomic mass is 9.99. The number of nitrogens with zero attached hydrogens (tertiary/aromatic N) is 1. The summed E-state index contributed by atoms with van der Waals surface area (Å²) in [4.78, 5) is 14.6. The van der Waals surface area contributed by atoms with E-state index in [1.54, 1.807) is 0 Å². The van der Waals surface area contributed by atoms with Crippen LogP contribution >= 0.6 is 24.8 Å². The average Bonchev–Trinajstić information content (AvgIpc) is 2.63. The first-order chi connectivity index (χ1) is 11.7. The third-order valence-electron chi connectivity index (χ3n) is 4.99. The van der Waals surface area contributed by atoms with E-state index in [-0.39, 0.29) is 36.8 Å². The van der Waals surface area contributed by atoms with Gasteiger partial charge in [0.15, 0.2) is 0 Å². The highest BCUT2D eigenvalue weighted by atomic mass is 35.5. The second-order valence-electron chi connectivity index (χ2n) is 7.06. The van der Waals surface area contributed by atoms with Gasteiger partial charge < -0.3 is 15.4 Å². The summed E-state index contributed by atoms with van der Waals surface area (Å²) in [5.74, 6) is 0.837. The smallest absolute Gasteiger partial charge is 0.250 e. The van der Waals surface area contributed by atoms with Crippen molar-refractivity contribution < 1.29 is 9.53 Å². The zero-order valence-electron chi connectivity index (χ0n) is 15.4. The minimum Gasteiger partial charge on any atom is -0.366 e. The summed E-state index contributed by atoms with van der Waals surface area (Å²) in [5.41, 5.74) is 2.47. The Bertz CT molecular complexity index is 528. The SMILES string of the molecule is CC1CCN(Cc2ccc(CNC(=O)C3CNCCO3)cc2)CC1.Cl.Cl. The summed E-state index contributed by atoms with van der Waals surface area (Å²) >= 11 is 0.